The summed E-state index contributed by atoms with van der Waals surface area (Å²) in [6.07, 6.45) is 1.63. The average molecular weight is 367 g/mol. The number of ether oxygens (including phenoxy) is 1. The molecule has 0 aliphatic carbocycles. The van der Waals surface area contributed by atoms with Gasteiger partial charge in [0.15, 0.2) is 0 Å². The molecule has 0 spiro atoms. The van der Waals surface area contributed by atoms with Crippen molar-refractivity contribution < 1.29 is 14.1 Å². The lowest BCUT2D eigenvalue weighted by Crippen LogP contribution is -2.19. The van der Waals surface area contributed by atoms with E-state index >= 15 is 0 Å². The zero-order valence-electron chi connectivity index (χ0n) is 15.5. The standard InChI is InChI=1S/C20H21N3O4/c1-4-23-11-16(7-10-19(23)24)21-20(25)15-5-8-17(9-6-15)26-12-18-13(2)22-27-14(18)3/h5-11H,4,12H2,1-3H3,(H,21,25). The van der Waals surface area contributed by atoms with Crippen molar-refractivity contribution in [3.63, 3.8) is 0 Å². The number of hydrogen-bond donors (Lipinski definition) is 1. The van der Waals surface area contributed by atoms with Crippen LogP contribution in [-0.4, -0.2) is 15.6 Å². The molecule has 3 aromatic rings. The van der Waals surface area contributed by atoms with Crippen LogP contribution in [0.25, 0.3) is 0 Å². The van der Waals surface area contributed by atoms with Gasteiger partial charge in [-0.1, -0.05) is 5.16 Å². The predicted molar refractivity (Wildman–Crippen MR) is 101 cm³/mol. The maximum absolute atomic E-state index is 12.4. The van der Waals surface area contributed by atoms with Crippen LogP contribution in [0, 0.1) is 13.8 Å². The zero-order valence-corrected chi connectivity index (χ0v) is 15.5. The first-order valence-electron chi connectivity index (χ1n) is 8.64. The number of rotatable bonds is 6. The Labute approximate surface area is 156 Å². The number of nitrogens with one attached hydrogen (secondary N) is 1. The number of aryl methyl sites for hydroxylation is 3. The monoisotopic (exact) mass is 367 g/mol. The number of carbonyl (C=O) groups is 1. The van der Waals surface area contributed by atoms with Gasteiger partial charge in [0, 0.05) is 24.4 Å². The molecule has 0 saturated carbocycles. The molecule has 7 heteroatoms. The maximum atomic E-state index is 12.4. The maximum Gasteiger partial charge on any atom is 0.255 e. The molecule has 0 aliphatic heterocycles. The van der Waals surface area contributed by atoms with Gasteiger partial charge in [-0.15, -0.1) is 0 Å². The lowest BCUT2D eigenvalue weighted by atomic mass is 10.2. The predicted octanol–water partition coefficient (Wildman–Crippen LogP) is 3.30. The second-order valence-electron chi connectivity index (χ2n) is 6.11. The fourth-order valence-electron chi connectivity index (χ4n) is 2.62. The molecule has 1 amide bonds. The SMILES string of the molecule is CCn1cc(NC(=O)c2ccc(OCc3c(C)noc3C)cc2)ccc1=O. The summed E-state index contributed by atoms with van der Waals surface area (Å²) in [4.78, 5) is 24.0. The summed E-state index contributed by atoms with van der Waals surface area (Å²) >= 11 is 0. The molecule has 1 aromatic carbocycles. The van der Waals surface area contributed by atoms with Crippen molar-refractivity contribution in [1.82, 2.24) is 9.72 Å². The van der Waals surface area contributed by atoms with Gasteiger partial charge in [0.2, 0.25) is 0 Å². The molecule has 0 fully saturated rings. The molecule has 27 heavy (non-hydrogen) atoms. The highest BCUT2D eigenvalue weighted by atomic mass is 16.5. The summed E-state index contributed by atoms with van der Waals surface area (Å²) in [6, 6.07) is 9.88. The number of pyridine rings is 1. The van der Waals surface area contributed by atoms with E-state index in [1.807, 2.05) is 20.8 Å². The van der Waals surface area contributed by atoms with E-state index < -0.39 is 0 Å². The number of amides is 1. The second kappa shape index (κ2) is 7.90. The summed E-state index contributed by atoms with van der Waals surface area (Å²) in [5.74, 6) is 1.12. The fourth-order valence-corrected chi connectivity index (χ4v) is 2.62. The molecule has 0 unspecified atom stereocenters. The lowest BCUT2D eigenvalue weighted by molar-refractivity contribution is 0.102. The van der Waals surface area contributed by atoms with E-state index in [2.05, 4.69) is 10.5 Å². The Balaban J connectivity index is 1.64. The van der Waals surface area contributed by atoms with Crippen molar-refractivity contribution >= 4 is 11.6 Å². The van der Waals surface area contributed by atoms with E-state index in [1.165, 1.54) is 10.6 Å². The van der Waals surface area contributed by atoms with Crippen molar-refractivity contribution in [2.24, 2.45) is 0 Å². The Morgan fingerprint density at radius 2 is 1.93 bits per heavy atom. The van der Waals surface area contributed by atoms with Crippen LogP contribution in [0.4, 0.5) is 5.69 Å². The van der Waals surface area contributed by atoms with Crippen LogP contribution >= 0.6 is 0 Å². The Bertz CT molecular complexity index is 983. The molecule has 7 nitrogen and oxygen atoms in total. The van der Waals surface area contributed by atoms with Gasteiger partial charge in [0.1, 0.15) is 18.1 Å². The minimum absolute atomic E-state index is 0.102. The van der Waals surface area contributed by atoms with Gasteiger partial charge in [-0.3, -0.25) is 9.59 Å². The van der Waals surface area contributed by atoms with Crippen LogP contribution in [0.5, 0.6) is 5.75 Å². The van der Waals surface area contributed by atoms with Crippen molar-refractivity contribution in [1.29, 1.82) is 0 Å². The third-order valence-corrected chi connectivity index (χ3v) is 4.26. The summed E-state index contributed by atoms with van der Waals surface area (Å²) in [5.41, 5.74) is 2.68. The van der Waals surface area contributed by atoms with Gasteiger partial charge in [0.25, 0.3) is 11.5 Å². The number of aromatic nitrogens is 2. The molecule has 2 aromatic heterocycles. The van der Waals surface area contributed by atoms with Gasteiger partial charge in [-0.2, -0.15) is 0 Å². The van der Waals surface area contributed by atoms with Crippen molar-refractivity contribution in [2.45, 2.75) is 33.9 Å². The first-order chi connectivity index (χ1) is 13.0. The Morgan fingerprint density at radius 1 is 1.19 bits per heavy atom. The minimum atomic E-state index is -0.256. The third-order valence-electron chi connectivity index (χ3n) is 4.26. The van der Waals surface area contributed by atoms with E-state index in [0.29, 0.717) is 30.2 Å². The van der Waals surface area contributed by atoms with Crippen molar-refractivity contribution in [3.8, 4) is 5.75 Å². The van der Waals surface area contributed by atoms with E-state index in [1.54, 1.807) is 36.5 Å². The number of carbonyl (C=O) groups excluding carboxylic acids is 1. The van der Waals surface area contributed by atoms with Gasteiger partial charge < -0.3 is 19.1 Å². The van der Waals surface area contributed by atoms with Gasteiger partial charge in [-0.25, -0.2) is 0 Å². The Morgan fingerprint density at radius 3 is 2.56 bits per heavy atom. The summed E-state index contributed by atoms with van der Waals surface area (Å²) in [7, 11) is 0. The molecule has 1 N–H and O–H groups in total. The lowest BCUT2D eigenvalue weighted by Gasteiger charge is -2.09. The van der Waals surface area contributed by atoms with Gasteiger partial charge in [-0.05, 0) is 51.1 Å². The van der Waals surface area contributed by atoms with E-state index in [-0.39, 0.29) is 11.5 Å². The molecular weight excluding hydrogens is 346 g/mol. The molecule has 2 heterocycles. The topological polar surface area (TPSA) is 86.4 Å². The first-order valence-corrected chi connectivity index (χ1v) is 8.64. The van der Waals surface area contributed by atoms with Crippen LogP contribution < -0.4 is 15.6 Å². The highest BCUT2D eigenvalue weighted by molar-refractivity contribution is 6.04. The molecule has 3 rings (SSSR count). The van der Waals surface area contributed by atoms with Crippen LogP contribution in [0.3, 0.4) is 0 Å². The number of nitrogens with zero attached hydrogens (tertiary/aromatic N) is 2. The highest BCUT2D eigenvalue weighted by Gasteiger charge is 2.11. The molecule has 0 radical (unpaired) electrons. The minimum Gasteiger partial charge on any atom is -0.489 e. The molecule has 0 aliphatic rings. The molecule has 140 valence electrons. The van der Waals surface area contributed by atoms with Crippen LogP contribution in [-0.2, 0) is 13.2 Å². The largest absolute Gasteiger partial charge is 0.489 e. The molecular formula is C20H21N3O4. The quantitative estimate of drug-likeness (QED) is 0.722. The summed E-state index contributed by atoms with van der Waals surface area (Å²) in [5, 5.41) is 6.68. The molecule has 0 saturated heterocycles. The number of benzene rings is 1. The van der Waals surface area contributed by atoms with Crippen LogP contribution in [0.15, 0.2) is 51.9 Å². The van der Waals surface area contributed by atoms with E-state index in [0.717, 1.165) is 17.0 Å². The smallest absolute Gasteiger partial charge is 0.255 e. The highest BCUT2D eigenvalue weighted by Crippen LogP contribution is 2.18. The summed E-state index contributed by atoms with van der Waals surface area (Å²) in [6.45, 7) is 6.47. The first kappa shape index (κ1) is 18.4. The number of hydrogen-bond acceptors (Lipinski definition) is 5. The van der Waals surface area contributed by atoms with E-state index in [4.69, 9.17) is 9.26 Å². The van der Waals surface area contributed by atoms with Crippen LogP contribution in [0.1, 0.15) is 34.3 Å². The number of anilines is 1. The zero-order chi connectivity index (χ0) is 19.4. The molecule has 0 atom stereocenters. The third kappa shape index (κ3) is 4.25. The fraction of sp³-hybridized carbons (Fsp3) is 0.250. The van der Waals surface area contributed by atoms with Crippen molar-refractivity contribution in [2.75, 3.05) is 5.32 Å². The average Bonchev–Trinajstić information content (AvgIpc) is 2.99. The van der Waals surface area contributed by atoms with E-state index in [9.17, 15) is 9.59 Å². The Kier molecular flexibility index (Phi) is 5.40. The molecule has 0 bridgehead atoms. The van der Waals surface area contributed by atoms with Crippen LogP contribution in [0.2, 0.25) is 0 Å². The Hall–Kier alpha value is -3.35. The van der Waals surface area contributed by atoms with Gasteiger partial charge >= 0.3 is 0 Å². The summed E-state index contributed by atoms with van der Waals surface area (Å²) < 4.78 is 12.4. The normalized spacial score (nSPS) is 10.6. The second-order valence-corrected chi connectivity index (χ2v) is 6.11. The van der Waals surface area contributed by atoms with Crippen molar-refractivity contribution in [3.05, 3.63) is 75.5 Å². The van der Waals surface area contributed by atoms with Gasteiger partial charge in [0.05, 0.1) is 16.9 Å².